The van der Waals surface area contributed by atoms with Gasteiger partial charge in [0, 0.05) is 37.6 Å². The largest absolute Gasteiger partial charge is 0.325 e. The van der Waals surface area contributed by atoms with Gasteiger partial charge in [0.1, 0.15) is 0 Å². The molecule has 1 heterocycles. The van der Waals surface area contributed by atoms with Crippen LogP contribution < -0.4 is 10.6 Å². The molecule has 3 rings (SSSR count). The molecule has 2 N–H and O–H groups in total. The van der Waals surface area contributed by atoms with E-state index in [1.165, 1.54) is 5.56 Å². The molecule has 2 aromatic rings. The lowest BCUT2D eigenvalue weighted by atomic mass is 10.1. The van der Waals surface area contributed by atoms with Gasteiger partial charge in [-0.05, 0) is 49.1 Å². The number of hydrogen-bond donors (Lipinski definition) is 2. The van der Waals surface area contributed by atoms with E-state index in [9.17, 15) is 9.59 Å². The first-order valence-corrected chi connectivity index (χ1v) is 10.6. The van der Waals surface area contributed by atoms with E-state index in [0.717, 1.165) is 55.1 Å². The van der Waals surface area contributed by atoms with E-state index >= 15 is 0 Å². The fraction of sp³-hybridized carbons (Fsp3) is 0.417. The van der Waals surface area contributed by atoms with Crippen molar-refractivity contribution in [3.63, 3.8) is 0 Å². The zero-order valence-electron chi connectivity index (χ0n) is 18.2. The molecule has 0 atom stereocenters. The number of carbonyl (C=O) groups excluding carboxylic acids is 2. The van der Waals surface area contributed by atoms with Crippen molar-refractivity contribution in [3.8, 4) is 0 Å². The molecule has 0 radical (unpaired) electrons. The van der Waals surface area contributed by atoms with E-state index in [1.807, 2.05) is 56.3 Å². The number of anilines is 2. The van der Waals surface area contributed by atoms with Crippen LogP contribution in [0.2, 0.25) is 0 Å². The summed E-state index contributed by atoms with van der Waals surface area (Å²) >= 11 is 0. The molecule has 0 aliphatic carbocycles. The number of rotatable bonds is 7. The van der Waals surface area contributed by atoms with Crippen molar-refractivity contribution < 1.29 is 9.59 Å². The van der Waals surface area contributed by atoms with Crippen LogP contribution in [0.15, 0.2) is 42.5 Å². The predicted octanol–water partition coefficient (Wildman–Crippen LogP) is 3.06. The number of nitrogens with one attached hydrogen (secondary N) is 2. The van der Waals surface area contributed by atoms with Gasteiger partial charge in [0.15, 0.2) is 0 Å². The summed E-state index contributed by atoms with van der Waals surface area (Å²) in [5, 5.41) is 6.05. The molecule has 6 nitrogen and oxygen atoms in total. The normalized spacial score (nSPS) is 15.0. The maximum atomic E-state index is 12.4. The quantitative estimate of drug-likeness (QED) is 0.739. The predicted molar refractivity (Wildman–Crippen MR) is 122 cm³/mol. The van der Waals surface area contributed by atoms with Crippen LogP contribution in [0.3, 0.4) is 0 Å². The van der Waals surface area contributed by atoms with E-state index in [-0.39, 0.29) is 11.8 Å². The SMILES string of the molecule is CCc1ccccc1NC(=O)CN1CCN(CC(=O)Nc2cccc(C)c2C)CC1. The van der Waals surface area contributed by atoms with Gasteiger partial charge < -0.3 is 10.6 Å². The maximum absolute atomic E-state index is 12.4. The molecular formula is C24H32N4O2. The van der Waals surface area contributed by atoms with E-state index in [1.54, 1.807) is 0 Å². The van der Waals surface area contributed by atoms with E-state index in [4.69, 9.17) is 0 Å². The van der Waals surface area contributed by atoms with E-state index < -0.39 is 0 Å². The highest BCUT2D eigenvalue weighted by molar-refractivity contribution is 5.93. The summed E-state index contributed by atoms with van der Waals surface area (Å²) in [6.45, 7) is 10.0. The molecule has 1 aliphatic rings. The molecule has 0 bridgehead atoms. The Morgan fingerprint density at radius 1 is 0.800 bits per heavy atom. The van der Waals surface area contributed by atoms with Gasteiger partial charge >= 0.3 is 0 Å². The Balaban J connectivity index is 1.42. The number of carbonyl (C=O) groups is 2. The first-order valence-electron chi connectivity index (χ1n) is 10.6. The number of benzene rings is 2. The monoisotopic (exact) mass is 408 g/mol. The molecule has 1 saturated heterocycles. The molecule has 0 unspecified atom stereocenters. The lowest BCUT2D eigenvalue weighted by Gasteiger charge is -2.33. The minimum atomic E-state index is 0.00562. The van der Waals surface area contributed by atoms with Crippen molar-refractivity contribution in [3.05, 3.63) is 59.2 Å². The van der Waals surface area contributed by atoms with Gasteiger partial charge in [-0.15, -0.1) is 0 Å². The molecule has 1 fully saturated rings. The highest BCUT2D eigenvalue weighted by Crippen LogP contribution is 2.18. The number of piperazine rings is 1. The molecule has 0 saturated carbocycles. The zero-order chi connectivity index (χ0) is 21.5. The first-order chi connectivity index (χ1) is 14.5. The average Bonchev–Trinajstić information content (AvgIpc) is 2.73. The summed E-state index contributed by atoms with van der Waals surface area (Å²) < 4.78 is 0. The number of hydrogen-bond acceptors (Lipinski definition) is 4. The molecule has 6 heteroatoms. The molecule has 2 aromatic carbocycles. The van der Waals surface area contributed by atoms with Gasteiger partial charge in [-0.25, -0.2) is 0 Å². The second-order valence-corrected chi connectivity index (χ2v) is 7.91. The van der Waals surface area contributed by atoms with E-state index in [0.29, 0.717) is 13.1 Å². The van der Waals surface area contributed by atoms with Crippen molar-refractivity contribution in [1.82, 2.24) is 9.80 Å². The summed E-state index contributed by atoms with van der Waals surface area (Å²) in [6, 6.07) is 13.9. The standard InChI is InChI=1S/C24H32N4O2/c1-4-20-9-5-6-10-22(20)26-24(30)17-28-14-12-27(13-15-28)16-23(29)25-21-11-7-8-18(2)19(21)3/h5-11H,4,12-17H2,1-3H3,(H,25,29)(H,26,30). The lowest BCUT2D eigenvalue weighted by molar-refractivity contribution is -0.120. The van der Waals surface area contributed by atoms with Crippen LogP contribution in [-0.4, -0.2) is 60.9 Å². The van der Waals surface area contributed by atoms with Crippen molar-refractivity contribution >= 4 is 23.2 Å². The third-order valence-corrected chi connectivity index (χ3v) is 5.75. The Morgan fingerprint density at radius 2 is 1.33 bits per heavy atom. The Morgan fingerprint density at radius 3 is 1.93 bits per heavy atom. The molecule has 0 aromatic heterocycles. The lowest BCUT2D eigenvalue weighted by Crippen LogP contribution is -2.50. The fourth-order valence-corrected chi connectivity index (χ4v) is 3.73. The van der Waals surface area contributed by atoms with Crippen LogP contribution in [-0.2, 0) is 16.0 Å². The smallest absolute Gasteiger partial charge is 0.238 e. The summed E-state index contributed by atoms with van der Waals surface area (Å²) in [7, 11) is 0. The van der Waals surface area contributed by atoms with Crippen molar-refractivity contribution in [2.24, 2.45) is 0 Å². The van der Waals surface area contributed by atoms with Gasteiger partial charge in [-0.1, -0.05) is 37.3 Å². The van der Waals surface area contributed by atoms with Crippen LogP contribution in [0, 0.1) is 13.8 Å². The highest BCUT2D eigenvalue weighted by Gasteiger charge is 2.21. The minimum Gasteiger partial charge on any atom is -0.325 e. The Bertz CT molecular complexity index is 889. The Hall–Kier alpha value is -2.70. The second-order valence-electron chi connectivity index (χ2n) is 7.91. The molecule has 2 amide bonds. The number of amides is 2. The van der Waals surface area contributed by atoms with Crippen LogP contribution in [0.1, 0.15) is 23.6 Å². The van der Waals surface area contributed by atoms with Crippen molar-refractivity contribution in [2.75, 3.05) is 49.9 Å². The summed E-state index contributed by atoms with van der Waals surface area (Å²) in [6.07, 6.45) is 0.888. The van der Waals surface area contributed by atoms with Crippen molar-refractivity contribution in [1.29, 1.82) is 0 Å². The average molecular weight is 409 g/mol. The summed E-state index contributed by atoms with van der Waals surface area (Å²) in [4.78, 5) is 29.2. The maximum Gasteiger partial charge on any atom is 0.238 e. The molecular weight excluding hydrogens is 376 g/mol. The van der Waals surface area contributed by atoms with Crippen molar-refractivity contribution in [2.45, 2.75) is 27.2 Å². The zero-order valence-corrected chi connectivity index (χ0v) is 18.2. The Labute approximate surface area is 179 Å². The van der Waals surface area contributed by atoms with Gasteiger partial charge in [0.05, 0.1) is 13.1 Å². The summed E-state index contributed by atoms with van der Waals surface area (Å²) in [5.41, 5.74) is 5.19. The van der Waals surface area contributed by atoms with Crippen LogP contribution in [0.25, 0.3) is 0 Å². The van der Waals surface area contributed by atoms with Crippen LogP contribution in [0.4, 0.5) is 11.4 Å². The van der Waals surface area contributed by atoms with Gasteiger partial charge in [0.2, 0.25) is 11.8 Å². The highest BCUT2D eigenvalue weighted by atomic mass is 16.2. The second kappa shape index (κ2) is 10.4. The third-order valence-electron chi connectivity index (χ3n) is 5.75. The molecule has 0 spiro atoms. The molecule has 30 heavy (non-hydrogen) atoms. The van der Waals surface area contributed by atoms with Crippen LogP contribution >= 0.6 is 0 Å². The third kappa shape index (κ3) is 5.90. The minimum absolute atomic E-state index is 0.00562. The van der Waals surface area contributed by atoms with Gasteiger partial charge in [-0.2, -0.15) is 0 Å². The number of aryl methyl sites for hydroxylation is 2. The molecule has 1 aliphatic heterocycles. The van der Waals surface area contributed by atoms with Gasteiger partial charge in [-0.3, -0.25) is 19.4 Å². The fourth-order valence-electron chi connectivity index (χ4n) is 3.73. The van der Waals surface area contributed by atoms with E-state index in [2.05, 4.69) is 27.4 Å². The first kappa shape index (κ1) is 22.0. The number of nitrogens with zero attached hydrogens (tertiary/aromatic N) is 2. The summed E-state index contributed by atoms with van der Waals surface area (Å²) in [5.74, 6) is 0.0167. The molecule has 160 valence electrons. The van der Waals surface area contributed by atoms with Gasteiger partial charge in [0.25, 0.3) is 0 Å². The van der Waals surface area contributed by atoms with Crippen LogP contribution in [0.5, 0.6) is 0 Å². The topological polar surface area (TPSA) is 64.7 Å². The Kier molecular flexibility index (Phi) is 7.60. The number of para-hydroxylation sites is 1.